The Balaban J connectivity index is 1.49. The normalized spacial score (nSPS) is 17.9. The number of rotatable bonds is 8. The third kappa shape index (κ3) is 5.93. The van der Waals surface area contributed by atoms with Crippen molar-refractivity contribution in [3.63, 3.8) is 0 Å². The number of amides is 1. The zero-order valence-electron chi connectivity index (χ0n) is 17.2. The van der Waals surface area contributed by atoms with E-state index < -0.39 is 9.84 Å². The summed E-state index contributed by atoms with van der Waals surface area (Å²) in [4.78, 5) is 15.0. The first-order valence-corrected chi connectivity index (χ1v) is 11.9. The van der Waals surface area contributed by atoms with E-state index in [2.05, 4.69) is 17.1 Å². The SMILES string of the molecule is Cc1ccccc1S(=O)(=O)Cc1ccc(C(=O)NCCCN2CCC[C@H](C)C2)o1. The van der Waals surface area contributed by atoms with Crippen molar-refractivity contribution < 1.29 is 17.6 Å². The fourth-order valence-electron chi connectivity index (χ4n) is 3.83. The number of likely N-dealkylation sites (tertiary alicyclic amines) is 1. The van der Waals surface area contributed by atoms with E-state index in [0.717, 1.165) is 32.0 Å². The minimum atomic E-state index is -3.53. The smallest absolute Gasteiger partial charge is 0.286 e. The second kappa shape index (κ2) is 9.59. The van der Waals surface area contributed by atoms with E-state index in [1.54, 1.807) is 37.3 Å². The molecule has 158 valence electrons. The topological polar surface area (TPSA) is 79.6 Å². The summed E-state index contributed by atoms with van der Waals surface area (Å²) in [5.41, 5.74) is 0.695. The summed E-state index contributed by atoms with van der Waals surface area (Å²) in [6, 6.07) is 9.94. The molecule has 1 atom stereocenters. The van der Waals surface area contributed by atoms with Gasteiger partial charge in [0.2, 0.25) is 0 Å². The molecule has 3 rings (SSSR count). The van der Waals surface area contributed by atoms with Crippen molar-refractivity contribution in [1.82, 2.24) is 10.2 Å². The quantitative estimate of drug-likeness (QED) is 0.665. The fourth-order valence-corrected chi connectivity index (χ4v) is 5.36. The number of sulfone groups is 1. The monoisotopic (exact) mass is 418 g/mol. The molecule has 1 fully saturated rings. The Bertz CT molecular complexity index is 936. The lowest BCUT2D eigenvalue weighted by molar-refractivity contribution is 0.0921. The molecule has 2 aromatic rings. The molecule has 1 aromatic heterocycles. The molecule has 1 amide bonds. The van der Waals surface area contributed by atoms with Crippen LogP contribution in [-0.4, -0.2) is 45.4 Å². The summed E-state index contributed by atoms with van der Waals surface area (Å²) < 4.78 is 30.7. The number of hydrogen-bond acceptors (Lipinski definition) is 5. The zero-order valence-corrected chi connectivity index (χ0v) is 18.0. The number of aryl methyl sites for hydroxylation is 1. The number of carbonyl (C=O) groups excluding carboxylic acids is 1. The minimum Gasteiger partial charge on any atom is -0.455 e. The summed E-state index contributed by atoms with van der Waals surface area (Å²) in [5.74, 6) is 0.581. The molecular weight excluding hydrogens is 388 g/mol. The Morgan fingerprint density at radius 3 is 2.79 bits per heavy atom. The molecule has 29 heavy (non-hydrogen) atoms. The second-order valence-electron chi connectivity index (χ2n) is 7.95. The Morgan fingerprint density at radius 1 is 1.24 bits per heavy atom. The lowest BCUT2D eigenvalue weighted by Crippen LogP contribution is -2.36. The van der Waals surface area contributed by atoms with Crippen molar-refractivity contribution in [2.24, 2.45) is 5.92 Å². The van der Waals surface area contributed by atoms with E-state index in [1.807, 2.05) is 0 Å². The van der Waals surface area contributed by atoms with Gasteiger partial charge in [-0.2, -0.15) is 0 Å². The van der Waals surface area contributed by atoms with Gasteiger partial charge in [0.05, 0.1) is 4.90 Å². The molecule has 0 radical (unpaired) electrons. The van der Waals surface area contributed by atoms with Gasteiger partial charge in [0, 0.05) is 13.1 Å². The van der Waals surface area contributed by atoms with Crippen molar-refractivity contribution >= 4 is 15.7 Å². The summed E-state index contributed by atoms with van der Waals surface area (Å²) in [5, 5.41) is 2.86. The molecule has 2 heterocycles. The average Bonchev–Trinajstić information content (AvgIpc) is 3.13. The van der Waals surface area contributed by atoms with Crippen molar-refractivity contribution in [2.75, 3.05) is 26.2 Å². The Labute approximate surface area is 173 Å². The van der Waals surface area contributed by atoms with E-state index in [1.165, 1.54) is 18.9 Å². The number of carbonyl (C=O) groups is 1. The van der Waals surface area contributed by atoms with Crippen LogP contribution in [0, 0.1) is 12.8 Å². The average molecular weight is 419 g/mol. The van der Waals surface area contributed by atoms with Crippen LogP contribution < -0.4 is 5.32 Å². The van der Waals surface area contributed by atoms with Crippen LogP contribution in [0.4, 0.5) is 0 Å². The molecule has 1 saturated heterocycles. The zero-order chi connectivity index (χ0) is 20.9. The lowest BCUT2D eigenvalue weighted by atomic mass is 10.0. The maximum Gasteiger partial charge on any atom is 0.286 e. The Kier molecular flexibility index (Phi) is 7.14. The highest BCUT2D eigenvalue weighted by molar-refractivity contribution is 7.90. The molecule has 6 nitrogen and oxygen atoms in total. The maximum atomic E-state index is 12.6. The van der Waals surface area contributed by atoms with Gasteiger partial charge >= 0.3 is 0 Å². The molecule has 1 N–H and O–H groups in total. The molecule has 1 aromatic carbocycles. The van der Waals surface area contributed by atoms with E-state index >= 15 is 0 Å². The predicted molar refractivity (Wildman–Crippen MR) is 113 cm³/mol. The van der Waals surface area contributed by atoms with Crippen molar-refractivity contribution in [1.29, 1.82) is 0 Å². The molecule has 0 saturated carbocycles. The molecule has 1 aliphatic rings. The van der Waals surface area contributed by atoms with Crippen LogP contribution in [-0.2, 0) is 15.6 Å². The molecule has 0 aliphatic carbocycles. The number of hydrogen-bond donors (Lipinski definition) is 1. The van der Waals surface area contributed by atoms with Crippen molar-refractivity contribution in [3.8, 4) is 0 Å². The number of nitrogens with zero attached hydrogens (tertiary/aromatic N) is 1. The van der Waals surface area contributed by atoms with Gasteiger partial charge in [0.1, 0.15) is 11.5 Å². The van der Waals surface area contributed by atoms with E-state index in [0.29, 0.717) is 12.1 Å². The van der Waals surface area contributed by atoms with Gasteiger partial charge in [-0.05, 0) is 69.0 Å². The van der Waals surface area contributed by atoms with E-state index in [-0.39, 0.29) is 28.1 Å². The number of nitrogens with one attached hydrogen (secondary N) is 1. The van der Waals surface area contributed by atoms with Crippen LogP contribution in [0.5, 0.6) is 0 Å². The molecule has 7 heteroatoms. The third-order valence-electron chi connectivity index (χ3n) is 5.32. The summed E-state index contributed by atoms with van der Waals surface area (Å²) in [7, 11) is -3.53. The van der Waals surface area contributed by atoms with Crippen LogP contribution >= 0.6 is 0 Å². The molecular formula is C22H30N2O4S. The van der Waals surface area contributed by atoms with Crippen LogP contribution in [0.1, 0.15) is 48.1 Å². The van der Waals surface area contributed by atoms with E-state index in [4.69, 9.17) is 4.42 Å². The second-order valence-corrected chi connectivity index (χ2v) is 9.91. The third-order valence-corrected chi connectivity index (χ3v) is 7.12. The number of furan rings is 1. The first-order chi connectivity index (χ1) is 13.8. The Hall–Kier alpha value is -2.12. The van der Waals surface area contributed by atoms with Gasteiger partial charge in [-0.15, -0.1) is 0 Å². The first-order valence-electron chi connectivity index (χ1n) is 10.2. The highest BCUT2D eigenvalue weighted by Gasteiger charge is 2.21. The van der Waals surface area contributed by atoms with Crippen molar-refractivity contribution in [2.45, 2.75) is 43.8 Å². The van der Waals surface area contributed by atoms with Gasteiger partial charge in [-0.25, -0.2) is 8.42 Å². The highest BCUT2D eigenvalue weighted by Crippen LogP contribution is 2.21. The van der Waals surface area contributed by atoms with Crippen LogP contribution in [0.25, 0.3) is 0 Å². The predicted octanol–water partition coefficient (Wildman–Crippen LogP) is 3.41. The maximum absolute atomic E-state index is 12.6. The van der Waals surface area contributed by atoms with Crippen LogP contribution in [0.15, 0.2) is 45.7 Å². The van der Waals surface area contributed by atoms with Crippen LogP contribution in [0.2, 0.25) is 0 Å². The van der Waals surface area contributed by atoms with Crippen LogP contribution in [0.3, 0.4) is 0 Å². The molecule has 0 bridgehead atoms. The van der Waals surface area contributed by atoms with Gasteiger partial charge in [0.15, 0.2) is 15.6 Å². The molecule has 0 spiro atoms. The van der Waals surface area contributed by atoms with Crippen molar-refractivity contribution in [3.05, 3.63) is 53.5 Å². The highest BCUT2D eigenvalue weighted by atomic mass is 32.2. The fraction of sp³-hybridized carbons (Fsp3) is 0.500. The van der Waals surface area contributed by atoms with Gasteiger partial charge in [-0.1, -0.05) is 25.1 Å². The summed E-state index contributed by atoms with van der Waals surface area (Å²) >= 11 is 0. The number of benzene rings is 1. The standard InChI is InChI=1S/C22H30N2O4S/c1-17-7-5-13-24(15-17)14-6-12-23-22(25)20-11-10-19(28-20)16-29(26,27)21-9-4-3-8-18(21)2/h3-4,8-11,17H,5-7,12-16H2,1-2H3,(H,23,25)/t17-/m0/s1. The minimum absolute atomic E-state index is 0.145. The first kappa shape index (κ1) is 21.6. The Morgan fingerprint density at radius 2 is 2.03 bits per heavy atom. The van der Waals surface area contributed by atoms with E-state index in [9.17, 15) is 13.2 Å². The van der Waals surface area contributed by atoms with Gasteiger partial charge in [-0.3, -0.25) is 4.79 Å². The largest absolute Gasteiger partial charge is 0.455 e. The summed E-state index contributed by atoms with van der Waals surface area (Å²) in [6.45, 7) is 7.85. The molecule has 1 aliphatic heterocycles. The van der Waals surface area contributed by atoms with Gasteiger partial charge < -0.3 is 14.6 Å². The lowest BCUT2D eigenvalue weighted by Gasteiger charge is -2.30. The number of piperidine rings is 1. The van der Waals surface area contributed by atoms with Gasteiger partial charge in [0.25, 0.3) is 5.91 Å². The summed E-state index contributed by atoms with van der Waals surface area (Å²) in [6.07, 6.45) is 3.43. The molecule has 0 unspecified atom stereocenters.